The van der Waals surface area contributed by atoms with Gasteiger partial charge in [0, 0.05) is 18.7 Å². The van der Waals surface area contributed by atoms with Crippen LogP contribution in [-0.4, -0.2) is 53.5 Å². The number of benzene rings is 1. The highest BCUT2D eigenvalue weighted by Crippen LogP contribution is 2.36. The van der Waals surface area contributed by atoms with Crippen molar-refractivity contribution in [2.24, 2.45) is 4.99 Å². The summed E-state index contributed by atoms with van der Waals surface area (Å²) >= 11 is 1.33. The summed E-state index contributed by atoms with van der Waals surface area (Å²) in [6.07, 6.45) is 1.85. The third-order valence-corrected chi connectivity index (χ3v) is 4.88. The molecule has 0 saturated carbocycles. The monoisotopic (exact) mass is 348 g/mol. The fourth-order valence-corrected chi connectivity index (χ4v) is 3.75. The maximum absolute atomic E-state index is 12.2. The van der Waals surface area contributed by atoms with Gasteiger partial charge in [-0.2, -0.15) is 4.99 Å². The van der Waals surface area contributed by atoms with Gasteiger partial charge in [-0.1, -0.05) is 12.1 Å². The second kappa shape index (κ2) is 6.86. The zero-order valence-electron chi connectivity index (χ0n) is 13.9. The Hall–Kier alpha value is -1.99. The van der Waals surface area contributed by atoms with Crippen LogP contribution in [0.25, 0.3) is 6.08 Å². The van der Waals surface area contributed by atoms with E-state index in [0.29, 0.717) is 34.5 Å². The molecule has 2 atom stereocenters. The number of rotatable bonds is 2. The van der Waals surface area contributed by atoms with E-state index in [9.17, 15) is 9.90 Å². The predicted molar refractivity (Wildman–Crippen MR) is 94.3 cm³/mol. The van der Waals surface area contributed by atoms with Gasteiger partial charge in [-0.15, -0.1) is 0 Å². The van der Waals surface area contributed by atoms with Gasteiger partial charge in [-0.3, -0.25) is 4.79 Å². The number of hydrogen-bond acceptors (Lipinski definition) is 6. The van der Waals surface area contributed by atoms with Crippen LogP contribution in [0.4, 0.5) is 0 Å². The Morgan fingerprint density at radius 1 is 1.38 bits per heavy atom. The highest BCUT2D eigenvalue weighted by molar-refractivity contribution is 8.18. The molecule has 2 heterocycles. The average molecular weight is 348 g/mol. The van der Waals surface area contributed by atoms with E-state index in [1.165, 1.54) is 18.9 Å². The molecule has 2 aliphatic heterocycles. The molecule has 0 aliphatic carbocycles. The minimum atomic E-state index is -0.288. The van der Waals surface area contributed by atoms with Crippen molar-refractivity contribution in [2.45, 2.75) is 26.1 Å². The van der Waals surface area contributed by atoms with Gasteiger partial charge in [0.15, 0.2) is 16.7 Å². The molecule has 128 valence electrons. The number of thioether (sulfide) groups is 1. The summed E-state index contributed by atoms with van der Waals surface area (Å²) in [7, 11) is 1.49. The van der Waals surface area contributed by atoms with Crippen molar-refractivity contribution in [3.8, 4) is 11.5 Å². The van der Waals surface area contributed by atoms with E-state index >= 15 is 0 Å². The van der Waals surface area contributed by atoms with Gasteiger partial charge < -0.3 is 19.5 Å². The van der Waals surface area contributed by atoms with Crippen molar-refractivity contribution in [1.29, 1.82) is 0 Å². The van der Waals surface area contributed by atoms with E-state index < -0.39 is 0 Å². The van der Waals surface area contributed by atoms with Crippen LogP contribution in [0.5, 0.6) is 11.5 Å². The van der Waals surface area contributed by atoms with Crippen molar-refractivity contribution in [3.63, 3.8) is 0 Å². The van der Waals surface area contributed by atoms with Gasteiger partial charge in [-0.25, -0.2) is 0 Å². The average Bonchev–Trinajstić information content (AvgIpc) is 2.89. The van der Waals surface area contributed by atoms with Crippen molar-refractivity contribution in [3.05, 3.63) is 28.7 Å². The third kappa shape index (κ3) is 3.42. The first-order valence-corrected chi connectivity index (χ1v) is 8.58. The number of morpholine rings is 1. The molecule has 0 unspecified atom stereocenters. The molecule has 0 bridgehead atoms. The molecule has 24 heavy (non-hydrogen) atoms. The Kier molecular flexibility index (Phi) is 4.82. The van der Waals surface area contributed by atoms with Crippen LogP contribution >= 0.6 is 11.8 Å². The molecule has 1 fully saturated rings. The summed E-state index contributed by atoms with van der Waals surface area (Å²) in [4.78, 5) is 18.9. The van der Waals surface area contributed by atoms with E-state index in [-0.39, 0.29) is 23.9 Å². The van der Waals surface area contributed by atoms with Crippen LogP contribution in [0, 0.1) is 0 Å². The van der Waals surface area contributed by atoms with Crippen LogP contribution in [0.3, 0.4) is 0 Å². The van der Waals surface area contributed by atoms with E-state index in [4.69, 9.17) is 9.47 Å². The van der Waals surface area contributed by atoms with Gasteiger partial charge in [0.2, 0.25) is 0 Å². The van der Waals surface area contributed by atoms with Gasteiger partial charge in [-0.05, 0) is 37.8 Å². The fraction of sp³-hybridized carbons (Fsp3) is 0.412. The fourth-order valence-electron chi connectivity index (χ4n) is 2.83. The number of aliphatic imine (C=N–C) groups is 1. The van der Waals surface area contributed by atoms with E-state index in [0.717, 1.165) is 0 Å². The van der Waals surface area contributed by atoms with E-state index in [1.54, 1.807) is 24.3 Å². The quantitative estimate of drug-likeness (QED) is 0.828. The zero-order valence-corrected chi connectivity index (χ0v) is 14.7. The predicted octanol–water partition coefficient (Wildman–Crippen LogP) is 2.48. The number of nitrogens with zero attached hydrogens (tertiary/aromatic N) is 2. The molecule has 1 N–H and O–H groups in total. The Bertz CT molecular complexity index is 707. The largest absolute Gasteiger partial charge is 0.504 e. The second-order valence-electron chi connectivity index (χ2n) is 5.87. The summed E-state index contributed by atoms with van der Waals surface area (Å²) in [5.41, 5.74) is 0.533. The SMILES string of the molecule is COc1cccc(/C=C2\SC(N3C[C@@H](C)O[C@H](C)C3)=NC2=O)c1O. The molecule has 1 aromatic carbocycles. The Balaban J connectivity index is 1.80. The molecule has 1 aromatic rings. The Morgan fingerprint density at radius 3 is 2.75 bits per heavy atom. The van der Waals surface area contributed by atoms with Crippen molar-refractivity contribution in [2.75, 3.05) is 20.2 Å². The number of carbonyl (C=O) groups is 1. The van der Waals surface area contributed by atoms with Crippen molar-refractivity contribution >= 4 is 28.9 Å². The lowest BCUT2D eigenvalue weighted by atomic mass is 10.1. The maximum Gasteiger partial charge on any atom is 0.286 e. The molecule has 2 aliphatic rings. The molecule has 1 amide bonds. The number of aromatic hydroxyl groups is 1. The summed E-state index contributed by atoms with van der Waals surface area (Å²) in [6.45, 7) is 5.44. The molecule has 0 spiro atoms. The van der Waals surface area contributed by atoms with Crippen LogP contribution in [0.1, 0.15) is 19.4 Å². The normalized spacial score (nSPS) is 26.0. The molecule has 1 saturated heterocycles. The molecule has 7 heteroatoms. The third-order valence-electron chi connectivity index (χ3n) is 3.84. The zero-order chi connectivity index (χ0) is 17.3. The highest BCUT2D eigenvalue weighted by Gasteiger charge is 2.31. The first-order valence-electron chi connectivity index (χ1n) is 7.77. The number of phenolic OH excluding ortho intramolecular Hbond substituents is 1. The standard InChI is InChI=1S/C17H20N2O4S/c1-10-8-19(9-11(2)23-10)17-18-16(21)14(24-17)7-12-5-4-6-13(22-3)15(12)20/h4-7,10-11,20H,8-9H2,1-3H3/b14-7-/t10-,11-/m1/s1. The summed E-state index contributed by atoms with van der Waals surface area (Å²) < 4.78 is 10.8. The molecular formula is C17H20N2O4S. The Morgan fingerprint density at radius 2 is 2.08 bits per heavy atom. The molecule has 6 nitrogen and oxygen atoms in total. The smallest absolute Gasteiger partial charge is 0.286 e. The van der Waals surface area contributed by atoms with Crippen molar-refractivity contribution in [1.82, 2.24) is 4.90 Å². The number of amidine groups is 1. The van der Waals surface area contributed by atoms with Crippen molar-refractivity contribution < 1.29 is 19.4 Å². The van der Waals surface area contributed by atoms with Gasteiger partial charge in [0.25, 0.3) is 5.91 Å². The number of methoxy groups -OCH3 is 1. The molecule has 3 rings (SSSR count). The van der Waals surface area contributed by atoms with Crippen LogP contribution < -0.4 is 4.74 Å². The molecule has 0 radical (unpaired) electrons. The van der Waals surface area contributed by atoms with Gasteiger partial charge >= 0.3 is 0 Å². The van der Waals surface area contributed by atoms with Crippen LogP contribution in [0.15, 0.2) is 28.1 Å². The van der Waals surface area contributed by atoms with Crippen LogP contribution in [0.2, 0.25) is 0 Å². The first-order chi connectivity index (χ1) is 11.5. The lowest BCUT2D eigenvalue weighted by Gasteiger charge is -2.35. The molecule has 0 aromatic heterocycles. The van der Waals surface area contributed by atoms with E-state index in [2.05, 4.69) is 9.89 Å². The number of phenols is 1. The minimum absolute atomic E-state index is 0.0166. The Labute approximate surface area is 145 Å². The number of ether oxygens (including phenoxy) is 2. The lowest BCUT2D eigenvalue weighted by molar-refractivity contribution is -0.113. The van der Waals surface area contributed by atoms with Crippen LogP contribution in [-0.2, 0) is 9.53 Å². The second-order valence-corrected chi connectivity index (χ2v) is 6.88. The number of para-hydroxylation sites is 1. The highest BCUT2D eigenvalue weighted by atomic mass is 32.2. The summed E-state index contributed by atoms with van der Waals surface area (Å²) in [6, 6.07) is 5.16. The number of amides is 1. The van der Waals surface area contributed by atoms with Gasteiger partial charge in [0.05, 0.1) is 24.2 Å². The number of carbonyl (C=O) groups excluding carboxylic acids is 1. The minimum Gasteiger partial charge on any atom is -0.504 e. The summed E-state index contributed by atoms with van der Waals surface area (Å²) in [5.74, 6) is 0.101. The molecular weight excluding hydrogens is 328 g/mol. The van der Waals surface area contributed by atoms with E-state index in [1.807, 2.05) is 13.8 Å². The maximum atomic E-state index is 12.2. The summed E-state index contributed by atoms with van der Waals surface area (Å²) in [5, 5.41) is 10.9. The number of hydrogen-bond donors (Lipinski definition) is 1. The lowest BCUT2D eigenvalue weighted by Crippen LogP contribution is -2.47. The first kappa shape index (κ1) is 16.9. The van der Waals surface area contributed by atoms with Gasteiger partial charge in [0.1, 0.15) is 0 Å². The topological polar surface area (TPSA) is 71.4 Å².